The van der Waals surface area contributed by atoms with Crippen molar-refractivity contribution in [3.63, 3.8) is 0 Å². The van der Waals surface area contributed by atoms with E-state index in [2.05, 4.69) is 60.8 Å². The predicted octanol–water partition coefficient (Wildman–Crippen LogP) is 4.26. The van der Waals surface area contributed by atoms with Crippen molar-refractivity contribution in [1.29, 1.82) is 0 Å². The molecule has 2 heterocycles. The van der Waals surface area contributed by atoms with E-state index >= 15 is 0 Å². The van der Waals surface area contributed by atoms with Gasteiger partial charge in [-0.3, -0.25) is 4.55 Å². The van der Waals surface area contributed by atoms with Crippen molar-refractivity contribution in [3.8, 4) is 0 Å². The maximum Gasteiger partial charge on any atom is 0.363 e. The lowest BCUT2D eigenvalue weighted by atomic mass is 9.92. The molecule has 2 aliphatic carbocycles. The van der Waals surface area contributed by atoms with Gasteiger partial charge in [-0.1, -0.05) is 38.8 Å². The first kappa shape index (κ1) is 25.5. The molecule has 0 bridgehead atoms. The van der Waals surface area contributed by atoms with Crippen molar-refractivity contribution in [2.45, 2.75) is 98.7 Å². The summed E-state index contributed by atoms with van der Waals surface area (Å²) in [5.74, 6) is 1.51. The van der Waals surface area contributed by atoms with E-state index in [4.69, 9.17) is 14.0 Å². The lowest BCUT2D eigenvalue weighted by Gasteiger charge is -2.25. The molecular weight excluding hydrogens is 576 g/mol. The zero-order chi connectivity index (χ0) is 23.6. The molecule has 33 heavy (non-hydrogen) atoms. The van der Waals surface area contributed by atoms with Gasteiger partial charge in [0, 0.05) is 28.6 Å². The lowest BCUT2D eigenvalue weighted by molar-refractivity contribution is -0.561. The highest BCUT2D eigenvalue weighted by atomic mass is 79.9. The molecule has 0 radical (unpaired) electrons. The summed E-state index contributed by atoms with van der Waals surface area (Å²) in [5.41, 5.74) is 1.14. The smallest absolute Gasteiger partial charge is 0.363 e. The number of hydrogen-bond donors (Lipinski definition) is 2. The van der Waals surface area contributed by atoms with Crippen LogP contribution in [-0.2, 0) is 19.6 Å². The highest BCUT2D eigenvalue weighted by Gasteiger charge is 2.46. The molecule has 3 fully saturated rings. The fourth-order valence-electron chi connectivity index (χ4n) is 5.29. The van der Waals surface area contributed by atoms with E-state index in [1.54, 1.807) is 0 Å². The molecule has 0 spiro atoms. The number of nitrogens with one attached hydrogen (secondary N) is 1. The number of hydrogen-bond acceptors (Lipinski definition) is 5. The van der Waals surface area contributed by atoms with Crippen LogP contribution in [0.4, 0.5) is 0 Å². The van der Waals surface area contributed by atoms with Gasteiger partial charge in [-0.15, -0.1) is 0 Å². The van der Waals surface area contributed by atoms with Gasteiger partial charge in [0.25, 0.3) is 10.1 Å². The third-order valence-electron chi connectivity index (χ3n) is 7.06. The molecule has 186 valence electrons. The second kappa shape index (κ2) is 11.0. The highest BCUT2D eigenvalue weighted by molar-refractivity contribution is 9.09. The maximum absolute atomic E-state index is 11.1. The van der Waals surface area contributed by atoms with Crippen molar-refractivity contribution < 1.29 is 27.0 Å². The average Bonchev–Trinajstić information content (AvgIpc) is 3.29. The van der Waals surface area contributed by atoms with Crippen LogP contribution in [0.1, 0.15) is 64.7 Å². The number of allylic oxidation sites excluding steroid dienone is 2. The summed E-state index contributed by atoms with van der Waals surface area (Å²) < 4.78 is 46.1. The third kappa shape index (κ3) is 6.76. The normalized spacial score (nSPS) is 35.6. The van der Waals surface area contributed by atoms with Crippen LogP contribution in [0.25, 0.3) is 0 Å². The van der Waals surface area contributed by atoms with E-state index in [0.717, 1.165) is 62.3 Å². The Labute approximate surface area is 214 Å². The maximum atomic E-state index is 11.1. The third-order valence-corrected chi connectivity index (χ3v) is 9.53. The SMILES string of the molecule is CCC(=CC1=[N+](CCCCS(=O)(=O)O)C2CC(Br)CCC2O1)C=C1NC2CC(Br)CCC2O1. The molecule has 0 aromatic carbocycles. The van der Waals surface area contributed by atoms with E-state index in [1.807, 2.05) is 0 Å². The lowest BCUT2D eigenvalue weighted by Crippen LogP contribution is -2.38. The van der Waals surface area contributed by atoms with Crippen LogP contribution in [0.2, 0.25) is 0 Å². The molecule has 0 aromatic rings. The number of rotatable bonds is 8. The topological polar surface area (TPSA) is 87.9 Å². The van der Waals surface area contributed by atoms with Crippen molar-refractivity contribution >= 4 is 47.9 Å². The number of unbranched alkanes of at least 4 members (excludes halogenated alkanes) is 1. The van der Waals surface area contributed by atoms with E-state index < -0.39 is 10.1 Å². The van der Waals surface area contributed by atoms with Crippen molar-refractivity contribution in [1.82, 2.24) is 5.32 Å². The first-order chi connectivity index (χ1) is 15.7. The molecular formula is C23H35Br2N2O5S+. The molecule has 6 atom stereocenters. The average molecular weight is 611 g/mol. The molecule has 0 amide bonds. The molecule has 7 nitrogen and oxygen atoms in total. The Morgan fingerprint density at radius 1 is 1.12 bits per heavy atom. The van der Waals surface area contributed by atoms with E-state index in [-0.39, 0.29) is 24.0 Å². The van der Waals surface area contributed by atoms with Crippen LogP contribution in [0.3, 0.4) is 0 Å². The van der Waals surface area contributed by atoms with Crippen molar-refractivity contribution in [2.24, 2.45) is 0 Å². The fourth-order valence-corrected chi connectivity index (χ4v) is 7.18. The molecule has 2 aliphatic heterocycles. The second-order valence-electron chi connectivity index (χ2n) is 9.56. The largest absolute Gasteiger partial charge is 0.474 e. The summed E-state index contributed by atoms with van der Waals surface area (Å²) in [4.78, 5) is 1.02. The minimum Gasteiger partial charge on any atom is -0.474 e. The van der Waals surface area contributed by atoms with Crippen LogP contribution in [0, 0.1) is 0 Å². The Balaban J connectivity index is 1.51. The van der Waals surface area contributed by atoms with Gasteiger partial charge in [0.05, 0.1) is 17.9 Å². The van der Waals surface area contributed by atoms with Gasteiger partial charge in [-0.05, 0) is 50.5 Å². The Hall–Kier alpha value is -0.580. The van der Waals surface area contributed by atoms with Crippen molar-refractivity contribution in [2.75, 3.05) is 12.3 Å². The van der Waals surface area contributed by atoms with E-state index in [0.29, 0.717) is 35.1 Å². The minimum atomic E-state index is -3.92. The molecule has 1 saturated heterocycles. The summed E-state index contributed by atoms with van der Waals surface area (Å²) in [6, 6.07) is 0.645. The molecule has 2 saturated carbocycles. The summed E-state index contributed by atoms with van der Waals surface area (Å²) in [6.07, 6.45) is 13.0. The Bertz CT molecular complexity index is 920. The number of alkyl halides is 2. The Morgan fingerprint density at radius 3 is 2.58 bits per heavy atom. The van der Waals surface area contributed by atoms with Crippen LogP contribution in [0.5, 0.6) is 0 Å². The summed E-state index contributed by atoms with van der Waals surface area (Å²) in [5, 5.41) is 3.55. The van der Waals surface area contributed by atoms with Gasteiger partial charge < -0.3 is 14.8 Å². The molecule has 4 aliphatic rings. The minimum absolute atomic E-state index is 0.164. The Morgan fingerprint density at radius 2 is 1.85 bits per heavy atom. The van der Waals surface area contributed by atoms with Gasteiger partial charge in [-0.2, -0.15) is 13.0 Å². The molecule has 0 aromatic heterocycles. The first-order valence-electron chi connectivity index (χ1n) is 12.1. The van der Waals surface area contributed by atoms with Crippen molar-refractivity contribution in [3.05, 3.63) is 23.6 Å². The molecule has 4 rings (SSSR count). The van der Waals surface area contributed by atoms with Gasteiger partial charge in [0.1, 0.15) is 12.6 Å². The zero-order valence-corrected chi connectivity index (χ0v) is 23.1. The number of nitrogens with zero attached hydrogens (tertiary/aromatic N) is 1. The van der Waals surface area contributed by atoms with Gasteiger partial charge in [-0.25, -0.2) is 0 Å². The quantitative estimate of drug-likeness (QED) is 0.185. The summed E-state index contributed by atoms with van der Waals surface area (Å²) in [7, 11) is -3.92. The summed E-state index contributed by atoms with van der Waals surface area (Å²) >= 11 is 7.52. The molecule has 2 N–H and O–H groups in total. The number of halogens is 2. The number of ether oxygens (including phenoxy) is 2. The van der Waals surface area contributed by atoms with Crippen LogP contribution < -0.4 is 5.32 Å². The standard InChI is InChI=1S/C23H34Br2N2O5S/c1-2-15(11-22-26-18-13-16(24)5-7-20(18)31-22)12-23-27(9-3-4-10-33(28,29)30)19-14-17(25)6-8-21(19)32-23/h11-12,16-21H,2-10,13-14H2,1H3,(H,28,29,30)/p+1. The van der Waals surface area contributed by atoms with Gasteiger partial charge in [0.2, 0.25) is 0 Å². The second-order valence-corrected chi connectivity index (χ2v) is 13.7. The van der Waals surface area contributed by atoms with Gasteiger partial charge in [0.15, 0.2) is 18.0 Å². The van der Waals surface area contributed by atoms with Crippen LogP contribution >= 0.6 is 31.9 Å². The van der Waals surface area contributed by atoms with E-state index in [1.165, 1.54) is 0 Å². The Kier molecular flexibility index (Phi) is 8.50. The van der Waals surface area contributed by atoms with Gasteiger partial charge >= 0.3 is 5.90 Å². The van der Waals surface area contributed by atoms with Crippen LogP contribution in [0.15, 0.2) is 23.6 Å². The van der Waals surface area contributed by atoms with E-state index in [9.17, 15) is 8.42 Å². The highest BCUT2D eigenvalue weighted by Crippen LogP contribution is 2.34. The number of fused-ring (bicyclic) bond motifs is 2. The predicted molar refractivity (Wildman–Crippen MR) is 136 cm³/mol. The zero-order valence-electron chi connectivity index (χ0n) is 19.1. The fraction of sp³-hybridized carbons (Fsp3) is 0.783. The summed E-state index contributed by atoms with van der Waals surface area (Å²) in [6.45, 7) is 2.84. The first-order valence-corrected chi connectivity index (χ1v) is 15.5. The molecule has 6 unspecified atom stereocenters. The monoisotopic (exact) mass is 609 g/mol. The molecule has 10 heteroatoms. The van der Waals surface area contributed by atoms with Crippen LogP contribution in [-0.4, -0.2) is 69.7 Å².